The molecule has 0 unspecified atom stereocenters. The number of aryl methyl sites for hydroxylation is 1. The summed E-state index contributed by atoms with van der Waals surface area (Å²) >= 11 is 6.70. The summed E-state index contributed by atoms with van der Waals surface area (Å²) < 4.78 is 1.64. The van der Waals surface area contributed by atoms with E-state index in [4.69, 9.17) is 12.2 Å². The minimum absolute atomic E-state index is 0.234. The van der Waals surface area contributed by atoms with Crippen LogP contribution in [0.4, 0.5) is 5.69 Å². The number of fused-ring (bicyclic) bond motifs is 1. The minimum Gasteiger partial charge on any atom is -0.332 e. The first kappa shape index (κ1) is 17.3. The van der Waals surface area contributed by atoms with Crippen molar-refractivity contribution in [3.8, 4) is 10.6 Å². The summed E-state index contributed by atoms with van der Waals surface area (Å²) in [6.07, 6.45) is 1.57. The van der Waals surface area contributed by atoms with E-state index in [1.807, 2.05) is 49.4 Å². The molecule has 0 saturated carbocycles. The maximum absolute atomic E-state index is 12.3. The lowest BCUT2D eigenvalue weighted by Crippen LogP contribution is -2.34. The number of nitrogens with one attached hydrogen (secondary N) is 2. The molecule has 0 saturated heterocycles. The third-order valence-corrected chi connectivity index (χ3v) is 5.06. The van der Waals surface area contributed by atoms with E-state index in [1.54, 1.807) is 16.9 Å². The van der Waals surface area contributed by atoms with Gasteiger partial charge in [0.15, 0.2) is 5.11 Å². The van der Waals surface area contributed by atoms with Crippen LogP contribution >= 0.6 is 23.6 Å². The summed E-state index contributed by atoms with van der Waals surface area (Å²) in [5.41, 5.74) is 3.23. The standard InChI is InChI=1S/C18H14N6OS2/c1-11-4-2-3-5-14(11)15(25)21-17(26)20-13-8-6-12(7-9-13)16-23-24-10-19-22-18(24)27-16/h2-10H,1H3,(H2,20,21,25,26). The highest BCUT2D eigenvalue weighted by molar-refractivity contribution is 7.80. The van der Waals surface area contributed by atoms with E-state index in [-0.39, 0.29) is 11.0 Å². The van der Waals surface area contributed by atoms with Crippen molar-refractivity contribution in [2.24, 2.45) is 0 Å². The fourth-order valence-corrected chi connectivity index (χ4v) is 3.57. The number of benzene rings is 2. The van der Waals surface area contributed by atoms with Crippen LogP contribution in [0.5, 0.6) is 0 Å². The van der Waals surface area contributed by atoms with Gasteiger partial charge in [-0.3, -0.25) is 10.1 Å². The molecule has 0 fully saturated rings. The molecular formula is C18H14N6OS2. The third-order valence-electron chi connectivity index (χ3n) is 3.89. The Morgan fingerprint density at radius 3 is 2.67 bits per heavy atom. The lowest BCUT2D eigenvalue weighted by atomic mass is 10.1. The van der Waals surface area contributed by atoms with Gasteiger partial charge in [0.05, 0.1) is 0 Å². The Morgan fingerprint density at radius 2 is 1.93 bits per heavy atom. The molecule has 2 aromatic heterocycles. The van der Waals surface area contributed by atoms with Gasteiger partial charge >= 0.3 is 0 Å². The monoisotopic (exact) mass is 394 g/mol. The first-order valence-electron chi connectivity index (χ1n) is 8.05. The highest BCUT2D eigenvalue weighted by Gasteiger charge is 2.11. The van der Waals surface area contributed by atoms with Crippen LogP contribution in [-0.2, 0) is 0 Å². The Kier molecular flexibility index (Phi) is 4.61. The molecule has 0 radical (unpaired) electrons. The predicted octanol–water partition coefficient (Wildman–Crippen LogP) is 3.29. The Bertz CT molecular complexity index is 1100. The Hall–Kier alpha value is -3.17. The molecule has 2 heterocycles. The van der Waals surface area contributed by atoms with E-state index >= 15 is 0 Å². The number of anilines is 1. The van der Waals surface area contributed by atoms with E-state index in [9.17, 15) is 4.79 Å². The summed E-state index contributed by atoms with van der Waals surface area (Å²) in [7, 11) is 0. The van der Waals surface area contributed by atoms with Crippen LogP contribution in [0.3, 0.4) is 0 Å². The largest absolute Gasteiger partial charge is 0.332 e. The molecule has 27 heavy (non-hydrogen) atoms. The molecule has 0 atom stereocenters. The zero-order chi connectivity index (χ0) is 18.8. The van der Waals surface area contributed by atoms with Gasteiger partial charge in [-0.25, -0.2) is 0 Å². The molecular weight excluding hydrogens is 380 g/mol. The molecule has 7 nitrogen and oxygen atoms in total. The maximum atomic E-state index is 12.3. The Labute approximate surface area is 164 Å². The molecule has 134 valence electrons. The number of amides is 1. The molecule has 0 aliphatic heterocycles. The number of carbonyl (C=O) groups excluding carboxylic acids is 1. The van der Waals surface area contributed by atoms with Crippen LogP contribution < -0.4 is 10.6 Å². The van der Waals surface area contributed by atoms with Gasteiger partial charge in [-0.1, -0.05) is 29.5 Å². The minimum atomic E-state index is -0.234. The second-order valence-electron chi connectivity index (χ2n) is 5.77. The van der Waals surface area contributed by atoms with Crippen LogP contribution in [0.2, 0.25) is 0 Å². The third kappa shape index (κ3) is 3.69. The second-order valence-corrected chi connectivity index (χ2v) is 7.13. The summed E-state index contributed by atoms with van der Waals surface area (Å²) in [6, 6.07) is 15.0. The second kappa shape index (κ2) is 7.22. The highest BCUT2D eigenvalue weighted by atomic mass is 32.1. The van der Waals surface area contributed by atoms with Gasteiger partial charge in [-0.2, -0.15) is 9.61 Å². The van der Waals surface area contributed by atoms with Crippen molar-refractivity contribution in [3.05, 3.63) is 66.0 Å². The average Bonchev–Trinajstić information content (AvgIpc) is 3.24. The summed E-state index contributed by atoms with van der Waals surface area (Å²) in [4.78, 5) is 13.0. The first-order chi connectivity index (χ1) is 13.1. The maximum Gasteiger partial charge on any atom is 0.257 e. The topological polar surface area (TPSA) is 84.2 Å². The van der Waals surface area contributed by atoms with E-state index in [0.29, 0.717) is 5.56 Å². The predicted molar refractivity (Wildman–Crippen MR) is 109 cm³/mol. The van der Waals surface area contributed by atoms with Crippen LogP contribution in [0.15, 0.2) is 54.9 Å². The van der Waals surface area contributed by atoms with Crippen molar-refractivity contribution in [2.45, 2.75) is 6.92 Å². The fourth-order valence-electron chi connectivity index (χ4n) is 2.53. The van der Waals surface area contributed by atoms with Gasteiger partial charge in [0.2, 0.25) is 4.96 Å². The van der Waals surface area contributed by atoms with Crippen LogP contribution in [0.1, 0.15) is 15.9 Å². The molecule has 1 amide bonds. The molecule has 9 heteroatoms. The molecule has 0 bridgehead atoms. The zero-order valence-corrected chi connectivity index (χ0v) is 15.8. The lowest BCUT2D eigenvalue weighted by Gasteiger charge is -2.11. The van der Waals surface area contributed by atoms with Crippen LogP contribution in [-0.4, -0.2) is 30.8 Å². The Morgan fingerprint density at radius 1 is 1.15 bits per heavy atom. The fraction of sp³-hybridized carbons (Fsp3) is 0.0556. The number of aromatic nitrogens is 4. The number of nitrogens with zero attached hydrogens (tertiary/aromatic N) is 4. The van der Waals surface area contributed by atoms with Crippen molar-refractivity contribution in [2.75, 3.05) is 5.32 Å². The van der Waals surface area contributed by atoms with Crippen LogP contribution in [0.25, 0.3) is 15.5 Å². The van der Waals surface area contributed by atoms with Crippen molar-refractivity contribution < 1.29 is 4.79 Å². The van der Waals surface area contributed by atoms with E-state index in [1.165, 1.54) is 11.3 Å². The number of thiocarbonyl (C=S) groups is 1. The highest BCUT2D eigenvalue weighted by Crippen LogP contribution is 2.25. The summed E-state index contributed by atoms with van der Waals surface area (Å²) in [5.74, 6) is -0.234. The van der Waals surface area contributed by atoms with Gasteiger partial charge in [0.1, 0.15) is 11.3 Å². The number of hydrogen-bond acceptors (Lipinski definition) is 6. The van der Waals surface area contributed by atoms with Gasteiger partial charge in [-0.15, -0.1) is 10.2 Å². The molecule has 0 spiro atoms. The molecule has 4 aromatic rings. The molecule has 4 rings (SSSR count). The van der Waals surface area contributed by atoms with E-state index < -0.39 is 0 Å². The van der Waals surface area contributed by atoms with Crippen LogP contribution in [0, 0.1) is 6.92 Å². The Balaban J connectivity index is 1.42. The van der Waals surface area contributed by atoms with Gasteiger partial charge in [0.25, 0.3) is 5.91 Å². The quantitative estimate of drug-likeness (QED) is 0.519. The van der Waals surface area contributed by atoms with Crippen molar-refractivity contribution in [1.29, 1.82) is 0 Å². The smallest absolute Gasteiger partial charge is 0.257 e. The number of rotatable bonds is 3. The van der Waals surface area contributed by atoms with E-state index in [2.05, 4.69) is 25.9 Å². The average molecular weight is 394 g/mol. The van der Waals surface area contributed by atoms with E-state index in [0.717, 1.165) is 26.8 Å². The summed E-state index contributed by atoms with van der Waals surface area (Å²) in [6.45, 7) is 1.88. The molecule has 0 aliphatic carbocycles. The van der Waals surface area contributed by atoms with Gasteiger partial charge in [-0.05, 0) is 55.0 Å². The number of carbonyl (C=O) groups is 1. The van der Waals surface area contributed by atoms with Crippen molar-refractivity contribution >= 4 is 45.2 Å². The SMILES string of the molecule is Cc1ccccc1C(=O)NC(=S)Nc1ccc(-c2nn3cnnc3s2)cc1. The zero-order valence-electron chi connectivity index (χ0n) is 14.2. The lowest BCUT2D eigenvalue weighted by molar-refractivity contribution is 0.0977. The molecule has 2 aromatic carbocycles. The first-order valence-corrected chi connectivity index (χ1v) is 9.28. The summed E-state index contributed by atoms with van der Waals surface area (Å²) in [5, 5.41) is 19.0. The van der Waals surface area contributed by atoms with Crippen molar-refractivity contribution in [1.82, 2.24) is 25.1 Å². The molecule has 0 aliphatic rings. The van der Waals surface area contributed by atoms with Gasteiger partial charge < -0.3 is 5.32 Å². The normalized spacial score (nSPS) is 10.7. The number of hydrogen-bond donors (Lipinski definition) is 2. The molecule has 2 N–H and O–H groups in total. The van der Waals surface area contributed by atoms with Crippen molar-refractivity contribution in [3.63, 3.8) is 0 Å². The van der Waals surface area contributed by atoms with Gasteiger partial charge in [0, 0.05) is 16.8 Å².